The molecule has 0 radical (unpaired) electrons. The number of amides is 1. The van der Waals surface area contributed by atoms with Gasteiger partial charge in [-0.15, -0.1) is 0 Å². The molecule has 2 aromatic carbocycles. The average Bonchev–Trinajstić information content (AvgIpc) is 2.49. The van der Waals surface area contributed by atoms with Gasteiger partial charge in [0.25, 0.3) is 5.91 Å². The van der Waals surface area contributed by atoms with Gasteiger partial charge in [0.2, 0.25) is 0 Å². The Balaban J connectivity index is 2.18. The second-order valence-corrected chi connectivity index (χ2v) is 4.94. The third-order valence-corrected chi connectivity index (χ3v) is 3.35. The molecule has 0 heterocycles. The highest BCUT2D eigenvalue weighted by atomic mass is 35.5. The van der Waals surface area contributed by atoms with Crippen molar-refractivity contribution in [3.8, 4) is 11.8 Å². The molecule has 106 valence electrons. The molecule has 0 spiro atoms. The SMILES string of the molecule is O=C(Nc1ccc(Cl)c(Cl)c1)c1cccc(C#CCO)c1. The van der Waals surface area contributed by atoms with E-state index in [0.29, 0.717) is 26.9 Å². The number of rotatable bonds is 2. The Labute approximate surface area is 132 Å². The van der Waals surface area contributed by atoms with Crippen molar-refractivity contribution in [2.45, 2.75) is 0 Å². The number of hydrogen-bond acceptors (Lipinski definition) is 2. The maximum Gasteiger partial charge on any atom is 0.255 e. The van der Waals surface area contributed by atoms with E-state index in [4.69, 9.17) is 28.3 Å². The third-order valence-electron chi connectivity index (χ3n) is 2.61. The number of carbonyl (C=O) groups is 1. The number of halogens is 2. The highest BCUT2D eigenvalue weighted by molar-refractivity contribution is 6.42. The summed E-state index contributed by atoms with van der Waals surface area (Å²) in [4.78, 5) is 12.2. The van der Waals surface area contributed by atoms with Gasteiger partial charge in [-0.3, -0.25) is 4.79 Å². The van der Waals surface area contributed by atoms with Crippen LogP contribution in [-0.4, -0.2) is 17.6 Å². The molecule has 0 aliphatic carbocycles. The van der Waals surface area contributed by atoms with Gasteiger partial charge in [0, 0.05) is 16.8 Å². The van der Waals surface area contributed by atoms with Crippen molar-refractivity contribution in [1.29, 1.82) is 0 Å². The Morgan fingerprint density at radius 2 is 1.95 bits per heavy atom. The first-order valence-corrected chi connectivity index (χ1v) is 6.82. The van der Waals surface area contributed by atoms with Crippen LogP contribution in [0.25, 0.3) is 0 Å². The number of nitrogens with one attached hydrogen (secondary N) is 1. The van der Waals surface area contributed by atoms with Gasteiger partial charge in [-0.05, 0) is 36.4 Å². The summed E-state index contributed by atoms with van der Waals surface area (Å²) in [5.41, 5.74) is 1.68. The molecule has 0 fully saturated rings. The summed E-state index contributed by atoms with van der Waals surface area (Å²) < 4.78 is 0. The molecule has 2 aromatic rings. The van der Waals surface area contributed by atoms with E-state index in [-0.39, 0.29) is 12.5 Å². The molecule has 0 saturated carbocycles. The molecular formula is C16H11Cl2NO2. The first-order chi connectivity index (χ1) is 10.1. The minimum Gasteiger partial charge on any atom is -0.384 e. The van der Waals surface area contributed by atoms with Crippen molar-refractivity contribution in [2.75, 3.05) is 11.9 Å². The molecule has 0 saturated heterocycles. The lowest BCUT2D eigenvalue weighted by Crippen LogP contribution is -2.11. The third kappa shape index (κ3) is 4.24. The number of anilines is 1. The summed E-state index contributed by atoms with van der Waals surface area (Å²) in [6, 6.07) is 11.7. The lowest BCUT2D eigenvalue weighted by atomic mass is 10.1. The van der Waals surface area contributed by atoms with E-state index >= 15 is 0 Å². The maximum atomic E-state index is 12.2. The van der Waals surface area contributed by atoms with Gasteiger partial charge in [-0.2, -0.15) is 0 Å². The molecular weight excluding hydrogens is 309 g/mol. The topological polar surface area (TPSA) is 49.3 Å². The first kappa shape index (κ1) is 15.4. The van der Waals surface area contributed by atoms with Gasteiger partial charge < -0.3 is 10.4 Å². The molecule has 0 bridgehead atoms. The van der Waals surface area contributed by atoms with Crippen LogP contribution < -0.4 is 5.32 Å². The summed E-state index contributed by atoms with van der Waals surface area (Å²) >= 11 is 11.7. The lowest BCUT2D eigenvalue weighted by molar-refractivity contribution is 0.102. The Kier molecular flexibility index (Phi) is 5.24. The molecule has 0 atom stereocenters. The summed E-state index contributed by atoms with van der Waals surface area (Å²) in [6.45, 7) is -0.223. The fourth-order valence-electron chi connectivity index (χ4n) is 1.66. The fourth-order valence-corrected chi connectivity index (χ4v) is 1.96. The highest BCUT2D eigenvalue weighted by Crippen LogP contribution is 2.25. The summed E-state index contributed by atoms with van der Waals surface area (Å²) in [6.07, 6.45) is 0. The van der Waals surface area contributed by atoms with Crippen LogP contribution in [0, 0.1) is 11.8 Å². The van der Waals surface area contributed by atoms with E-state index < -0.39 is 0 Å². The van der Waals surface area contributed by atoms with Crippen LogP contribution in [-0.2, 0) is 0 Å². The summed E-state index contributed by atoms with van der Waals surface area (Å²) in [7, 11) is 0. The largest absolute Gasteiger partial charge is 0.384 e. The Hall–Kier alpha value is -1.99. The molecule has 0 aromatic heterocycles. The van der Waals surface area contributed by atoms with Gasteiger partial charge >= 0.3 is 0 Å². The number of aliphatic hydroxyl groups excluding tert-OH is 1. The van der Waals surface area contributed by atoms with Gasteiger partial charge in [-0.1, -0.05) is 41.1 Å². The predicted molar refractivity (Wildman–Crippen MR) is 84.8 cm³/mol. The van der Waals surface area contributed by atoms with Crippen LogP contribution in [0.2, 0.25) is 10.0 Å². The first-order valence-electron chi connectivity index (χ1n) is 6.06. The minimum atomic E-state index is -0.277. The fraction of sp³-hybridized carbons (Fsp3) is 0.0625. The molecule has 0 aliphatic heterocycles. The molecule has 3 nitrogen and oxygen atoms in total. The Morgan fingerprint density at radius 1 is 1.14 bits per heavy atom. The molecule has 0 aliphatic rings. The molecule has 1 amide bonds. The zero-order valence-corrected chi connectivity index (χ0v) is 12.4. The van der Waals surface area contributed by atoms with Crippen LogP contribution in [0.3, 0.4) is 0 Å². The standard InChI is InChI=1S/C16H11Cl2NO2/c17-14-7-6-13(10-15(14)18)19-16(21)12-5-1-3-11(9-12)4-2-8-20/h1,3,5-7,9-10,20H,8H2,(H,19,21). The van der Waals surface area contributed by atoms with Gasteiger partial charge in [0.1, 0.15) is 6.61 Å². The normalized spacial score (nSPS) is 9.67. The van der Waals surface area contributed by atoms with Crippen LogP contribution in [0.1, 0.15) is 15.9 Å². The van der Waals surface area contributed by atoms with Crippen molar-refractivity contribution in [3.63, 3.8) is 0 Å². The highest BCUT2D eigenvalue weighted by Gasteiger charge is 2.07. The second kappa shape index (κ2) is 7.14. The van der Waals surface area contributed by atoms with Crippen molar-refractivity contribution in [3.05, 3.63) is 63.6 Å². The van der Waals surface area contributed by atoms with Crippen molar-refractivity contribution in [1.82, 2.24) is 0 Å². The number of aliphatic hydroxyl groups is 1. The molecule has 5 heteroatoms. The lowest BCUT2D eigenvalue weighted by Gasteiger charge is -2.06. The maximum absolute atomic E-state index is 12.2. The van der Waals surface area contributed by atoms with Gasteiger partial charge in [0.15, 0.2) is 0 Å². The van der Waals surface area contributed by atoms with E-state index in [1.165, 1.54) is 0 Å². The van der Waals surface area contributed by atoms with Crippen LogP contribution in [0.5, 0.6) is 0 Å². The monoisotopic (exact) mass is 319 g/mol. The number of carbonyl (C=O) groups excluding carboxylic acids is 1. The smallest absolute Gasteiger partial charge is 0.255 e. The predicted octanol–water partition coefficient (Wildman–Crippen LogP) is 3.59. The van der Waals surface area contributed by atoms with Crippen molar-refractivity contribution >= 4 is 34.8 Å². The van der Waals surface area contributed by atoms with Gasteiger partial charge in [-0.25, -0.2) is 0 Å². The summed E-state index contributed by atoms with van der Waals surface area (Å²) in [5, 5.41) is 12.2. The molecule has 2 N–H and O–H groups in total. The quantitative estimate of drug-likeness (QED) is 0.831. The van der Waals surface area contributed by atoms with E-state index in [0.717, 1.165) is 0 Å². The second-order valence-electron chi connectivity index (χ2n) is 4.12. The Bertz CT molecular complexity index is 733. The zero-order valence-electron chi connectivity index (χ0n) is 10.9. The van der Waals surface area contributed by atoms with Crippen LogP contribution in [0.15, 0.2) is 42.5 Å². The van der Waals surface area contributed by atoms with Crippen molar-refractivity contribution < 1.29 is 9.90 Å². The van der Waals surface area contributed by atoms with E-state index in [1.54, 1.807) is 42.5 Å². The van der Waals surface area contributed by atoms with Crippen LogP contribution >= 0.6 is 23.2 Å². The number of hydrogen-bond donors (Lipinski definition) is 2. The number of benzene rings is 2. The van der Waals surface area contributed by atoms with Crippen molar-refractivity contribution in [2.24, 2.45) is 0 Å². The minimum absolute atomic E-state index is 0.223. The molecule has 0 unspecified atom stereocenters. The molecule has 2 rings (SSSR count). The van der Waals surface area contributed by atoms with E-state index in [9.17, 15) is 4.79 Å². The van der Waals surface area contributed by atoms with Crippen LogP contribution in [0.4, 0.5) is 5.69 Å². The van der Waals surface area contributed by atoms with E-state index in [2.05, 4.69) is 17.2 Å². The van der Waals surface area contributed by atoms with Gasteiger partial charge in [0.05, 0.1) is 10.0 Å². The Morgan fingerprint density at radius 3 is 2.67 bits per heavy atom. The average molecular weight is 320 g/mol. The van der Waals surface area contributed by atoms with E-state index in [1.807, 2.05) is 0 Å². The molecule has 21 heavy (non-hydrogen) atoms. The zero-order chi connectivity index (χ0) is 15.2. The summed E-state index contributed by atoms with van der Waals surface area (Å²) in [5.74, 6) is 5.01.